The lowest BCUT2D eigenvalue weighted by Gasteiger charge is -2.35. The minimum absolute atomic E-state index is 0.154. The molecule has 0 aliphatic carbocycles. The molecule has 1 N–H and O–H groups in total. The second kappa shape index (κ2) is 8.55. The number of benzene rings is 1. The van der Waals surface area contributed by atoms with E-state index in [-0.39, 0.29) is 11.2 Å². The van der Waals surface area contributed by atoms with Crippen molar-refractivity contribution in [3.05, 3.63) is 24.3 Å². The summed E-state index contributed by atoms with van der Waals surface area (Å²) in [5.74, 6) is 1.64. The highest BCUT2D eigenvalue weighted by atomic mass is 32.2. The molecule has 0 saturated carbocycles. The molecule has 2 heterocycles. The highest BCUT2D eigenvalue weighted by Crippen LogP contribution is 2.25. The summed E-state index contributed by atoms with van der Waals surface area (Å²) in [5, 5.41) is 7.57. The van der Waals surface area contributed by atoms with Crippen molar-refractivity contribution in [3.63, 3.8) is 0 Å². The Morgan fingerprint density at radius 2 is 1.96 bits per heavy atom. The largest absolute Gasteiger partial charge is 0.497 e. The van der Waals surface area contributed by atoms with E-state index in [9.17, 15) is 4.79 Å². The number of carbonyl (C=O) groups is 1. The van der Waals surface area contributed by atoms with Crippen LogP contribution in [-0.4, -0.2) is 76.0 Å². The molecule has 26 heavy (non-hydrogen) atoms. The molecule has 1 saturated heterocycles. The molecule has 0 spiro atoms. The van der Waals surface area contributed by atoms with Gasteiger partial charge in [0.2, 0.25) is 11.1 Å². The molecular weight excluding hydrogens is 350 g/mol. The molecule has 1 aliphatic heterocycles. The van der Waals surface area contributed by atoms with Gasteiger partial charge >= 0.3 is 0 Å². The fraction of sp³-hybridized carbons (Fsp3) is 0.500. The van der Waals surface area contributed by atoms with E-state index in [2.05, 4.69) is 27.0 Å². The average Bonchev–Trinajstić information content (AvgIpc) is 3.16. The van der Waals surface area contributed by atoms with Gasteiger partial charge in [-0.25, -0.2) is 4.98 Å². The molecule has 1 aromatic carbocycles. The number of carbonyl (C=O) groups excluding carboxylic acids is 1. The van der Waals surface area contributed by atoms with Crippen LogP contribution >= 0.6 is 11.8 Å². The van der Waals surface area contributed by atoms with E-state index in [0.29, 0.717) is 11.0 Å². The van der Waals surface area contributed by atoms with Gasteiger partial charge in [0.25, 0.3) is 0 Å². The summed E-state index contributed by atoms with van der Waals surface area (Å²) in [6.07, 6.45) is 0. The van der Waals surface area contributed by atoms with Gasteiger partial charge in [-0.05, 0) is 37.7 Å². The van der Waals surface area contributed by atoms with Gasteiger partial charge in [-0.2, -0.15) is 0 Å². The van der Waals surface area contributed by atoms with E-state index in [0.717, 1.165) is 44.0 Å². The predicted molar refractivity (Wildman–Crippen MR) is 102 cm³/mol. The molecule has 1 atom stereocenters. The summed E-state index contributed by atoms with van der Waals surface area (Å²) in [6.45, 7) is 8.59. The third-order valence-electron chi connectivity index (χ3n) is 4.59. The number of likely N-dealkylation sites (N-methyl/N-ethyl adjacent to an activating group) is 1. The standard InChI is InChI=1S/C18H25N5O2S/c1-4-22-9-11-23(12-10-22)17(24)13(2)26-18-19-16(20-21-18)14-5-7-15(25-3)8-6-14/h5-8,13H,4,9-12H2,1-3H3,(H,19,20,21). The molecule has 1 fully saturated rings. The molecule has 1 amide bonds. The lowest BCUT2D eigenvalue weighted by atomic mass is 10.2. The van der Waals surface area contributed by atoms with Crippen LogP contribution in [0.4, 0.5) is 0 Å². The Morgan fingerprint density at radius 1 is 1.27 bits per heavy atom. The van der Waals surface area contributed by atoms with Crippen molar-refractivity contribution in [2.45, 2.75) is 24.3 Å². The zero-order chi connectivity index (χ0) is 18.5. The minimum Gasteiger partial charge on any atom is -0.497 e. The molecule has 0 radical (unpaired) electrons. The summed E-state index contributed by atoms with van der Waals surface area (Å²) < 4.78 is 5.17. The van der Waals surface area contributed by atoms with Crippen LogP contribution in [0.1, 0.15) is 13.8 Å². The summed E-state index contributed by atoms with van der Waals surface area (Å²) in [5.41, 5.74) is 0.930. The Morgan fingerprint density at radius 3 is 2.58 bits per heavy atom. The van der Waals surface area contributed by atoms with Crippen LogP contribution in [0.2, 0.25) is 0 Å². The van der Waals surface area contributed by atoms with Crippen molar-refractivity contribution in [1.82, 2.24) is 25.0 Å². The number of hydrogen-bond donors (Lipinski definition) is 1. The first kappa shape index (κ1) is 18.7. The molecule has 140 valence electrons. The Hall–Kier alpha value is -2.06. The molecule has 1 aliphatic rings. The van der Waals surface area contributed by atoms with Crippen molar-refractivity contribution in [2.24, 2.45) is 0 Å². The first-order valence-corrected chi connectivity index (χ1v) is 9.73. The number of aromatic amines is 1. The number of piperazine rings is 1. The van der Waals surface area contributed by atoms with Crippen molar-refractivity contribution in [3.8, 4) is 17.1 Å². The van der Waals surface area contributed by atoms with Gasteiger partial charge in [0.05, 0.1) is 12.4 Å². The Labute approximate surface area is 158 Å². The second-order valence-corrected chi connectivity index (χ2v) is 7.52. The third-order valence-corrected chi connectivity index (χ3v) is 5.54. The number of aromatic nitrogens is 3. The smallest absolute Gasteiger partial charge is 0.235 e. The van der Waals surface area contributed by atoms with E-state index >= 15 is 0 Å². The van der Waals surface area contributed by atoms with E-state index in [1.807, 2.05) is 36.1 Å². The number of rotatable bonds is 6. The number of nitrogens with zero attached hydrogens (tertiary/aromatic N) is 4. The topological polar surface area (TPSA) is 74.3 Å². The van der Waals surface area contributed by atoms with Gasteiger partial charge < -0.3 is 14.5 Å². The van der Waals surface area contributed by atoms with E-state index < -0.39 is 0 Å². The quantitative estimate of drug-likeness (QED) is 0.780. The maximum absolute atomic E-state index is 12.7. The number of nitrogens with one attached hydrogen (secondary N) is 1. The molecule has 1 aromatic heterocycles. The van der Waals surface area contributed by atoms with Crippen LogP contribution < -0.4 is 4.74 Å². The van der Waals surface area contributed by atoms with Crippen LogP contribution in [0.15, 0.2) is 29.4 Å². The zero-order valence-electron chi connectivity index (χ0n) is 15.4. The Bertz CT molecular complexity index is 725. The van der Waals surface area contributed by atoms with Gasteiger partial charge in [0, 0.05) is 31.7 Å². The summed E-state index contributed by atoms with van der Waals surface area (Å²) in [6, 6.07) is 7.62. The van der Waals surface area contributed by atoms with Crippen molar-refractivity contribution < 1.29 is 9.53 Å². The van der Waals surface area contributed by atoms with Gasteiger partial charge in [0.1, 0.15) is 5.75 Å². The normalized spacial score (nSPS) is 16.5. The molecule has 8 heteroatoms. The first-order chi connectivity index (χ1) is 12.6. The number of amides is 1. The van der Waals surface area contributed by atoms with Crippen LogP contribution in [0.3, 0.4) is 0 Å². The van der Waals surface area contributed by atoms with Crippen molar-refractivity contribution in [2.75, 3.05) is 39.8 Å². The molecule has 0 bridgehead atoms. The fourth-order valence-electron chi connectivity index (χ4n) is 2.93. The fourth-order valence-corrected chi connectivity index (χ4v) is 3.74. The number of thioether (sulfide) groups is 1. The van der Waals surface area contributed by atoms with E-state index in [4.69, 9.17) is 4.74 Å². The number of H-pyrrole nitrogens is 1. The van der Waals surface area contributed by atoms with Gasteiger partial charge in [-0.1, -0.05) is 18.7 Å². The second-order valence-electron chi connectivity index (χ2n) is 6.21. The van der Waals surface area contributed by atoms with Crippen LogP contribution in [0.5, 0.6) is 5.75 Å². The molecule has 7 nitrogen and oxygen atoms in total. The zero-order valence-corrected chi connectivity index (χ0v) is 16.3. The van der Waals surface area contributed by atoms with Gasteiger partial charge in [-0.15, -0.1) is 5.10 Å². The Balaban J connectivity index is 1.58. The lowest BCUT2D eigenvalue weighted by molar-refractivity contribution is -0.132. The van der Waals surface area contributed by atoms with Crippen LogP contribution in [0.25, 0.3) is 11.4 Å². The highest BCUT2D eigenvalue weighted by molar-refractivity contribution is 8.00. The lowest BCUT2D eigenvalue weighted by Crippen LogP contribution is -2.50. The summed E-state index contributed by atoms with van der Waals surface area (Å²) in [7, 11) is 1.64. The SMILES string of the molecule is CCN1CCN(C(=O)C(C)Sc2n[nH]c(-c3ccc(OC)cc3)n2)CC1. The van der Waals surface area contributed by atoms with E-state index in [1.54, 1.807) is 7.11 Å². The third kappa shape index (κ3) is 4.37. The number of ether oxygens (including phenoxy) is 1. The number of methoxy groups -OCH3 is 1. The monoisotopic (exact) mass is 375 g/mol. The van der Waals surface area contributed by atoms with Crippen molar-refractivity contribution >= 4 is 17.7 Å². The predicted octanol–water partition coefficient (Wildman–Crippen LogP) is 2.12. The van der Waals surface area contributed by atoms with Gasteiger partial charge in [0.15, 0.2) is 5.82 Å². The minimum atomic E-state index is -0.206. The van der Waals surface area contributed by atoms with Crippen LogP contribution in [0, 0.1) is 0 Å². The highest BCUT2D eigenvalue weighted by Gasteiger charge is 2.26. The summed E-state index contributed by atoms with van der Waals surface area (Å²) >= 11 is 1.39. The summed E-state index contributed by atoms with van der Waals surface area (Å²) in [4.78, 5) is 21.5. The van der Waals surface area contributed by atoms with Crippen molar-refractivity contribution in [1.29, 1.82) is 0 Å². The maximum atomic E-state index is 12.7. The molecule has 3 rings (SSSR count). The maximum Gasteiger partial charge on any atom is 0.235 e. The molecule has 2 aromatic rings. The van der Waals surface area contributed by atoms with E-state index in [1.165, 1.54) is 11.8 Å². The molecule has 1 unspecified atom stereocenters. The number of hydrogen-bond acceptors (Lipinski definition) is 6. The van der Waals surface area contributed by atoms with Gasteiger partial charge in [-0.3, -0.25) is 9.89 Å². The first-order valence-electron chi connectivity index (χ1n) is 8.85. The van der Waals surface area contributed by atoms with Crippen LogP contribution in [-0.2, 0) is 4.79 Å². The Kier molecular flexibility index (Phi) is 6.16. The molecular formula is C18H25N5O2S. The average molecular weight is 375 g/mol.